The predicted octanol–water partition coefficient (Wildman–Crippen LogP) is 4.95. The van der Waals surface area contributed by atoms with Gasteiger partial charge in [0.05, 0.1) is 0 Å². The Balaban J connectivity index is 1.76. The van der Waals surface area contributed by atoms with E-state index in [-0.39, 0.29) is 5.92 Å². The first-order valence-electron chi connectivity index (χ1n) is 11.1. The summed E-state index contributed by atoms with van der Waals surface area (Å²) in [5.74, 6) is 0.739. The summed E-state index contributed by atoms with van der Waals surface area (Å²) < 4.78 is 30.8. The highest BCUT2D eigenvalue weighted by molar-refractivity contribution is 7.86. The molecule has 5 nitrogen and oxygen atoms in total. The van der Waals surface area contributed by atoms with Crippen LogP contribution in [0.15, 0.2) is 54.7 Å². The Morgan fingerprint density at radius 3 is 2.48 bits per heavy atom. The number of piperidine rings is 1. The number of nitrogens with zero attached hydrogens (tertiary/aromatic N) is 3. The molecule has 1 saturated heterocycles. The summed E-state index contributed by atoms with van der Waals surface area (Å²) in [6.07, 6.45) is 4.17. The molecule has 3 aromatic rings. The number of hydrogen-bond donors (Lipinski definition) is 0. The maximum Gasteiger partial charge on any atom is 0.281 e. The van der Waals surface area contributed by atoms with Gasteiger partial charge in [0.2, 0.25) is 0 Å². The van der Waals surface area contributed by atoms with E-state index >= 15 is 0 Å². The first kappa shape index (κ1) is 22.1. The van der Waals surface area contributed by atoms with Gasteiger partial charge in [0.15, 0.2) is 0 Å². The zero-order chi connectivity index (χ0) is 22.2. The summed E-state index contributed by atoms with van der Waals surface area (Å²) >= 11 is 0. The fourth-order valence-electron chi connectivity index (χ4n) is 4.64. The third kappa shape index (κ3) is 4.43. The predicted molar refractivity (Wildman–Crippen MR) is 128 cm³/mol. The number of fused-ring (bicyclic) bond motifs is 1. The SMILES string of the molecule is CC(C)Cn1cc(C2CCCN(S(=O)(=O)N(C)C)C2)c2ccc(-c3ccccc3)cc21. The van der Waals surface area contributed by atoms with E-state index in [2.05, 4.69) is 67.1 Å². The summed E-state index contributed by atoms with van der Waals surface area (Å²) in [6.45, 7) is 6.56. The fourth-order valence-corrected chi connectivity index (χ4v) is 5.83. The van der Waals surface area contributed by atoms with Crippen LogP contribution in [-0.2, 0) is 16.8 Å². The first-order chi connectivity index (χ1) is 14.8. The van der Waals surface area contributed by atoms with Gasteiger partial charge in [0.1, 0.15) is 0 Å². The van der Waals surface area contributed by atoms with Gasteiger partial charge in [0.25, 0.3) is 10.2 Å². The van der Waals surface area contributed by atoms with Crippen LogP contribution in [0, 0.1) is 5.92 Å². The molecule has 4 rings (SSSR count). The summed E-state index contributed by atoms with van der Waals surface area (Å²) in [4.78, 5) is 0. The molecule has 0 amide bonds. The Hall–Kier alpha value is -2.15. The Morgan fingerprint density at radius 2 is 1.81 bits per heavy atom. The van der Waals surface area contributed by atoms with Gasteiger partial charge >= 0.3 is 0 Å². The lowest BCUT2D eigenvalue weighted by Gasteiger charge is -2.33. The topological polar surface area (TPSA) is 45.6 Å². The van der Waals surface area contributed by atoms with Crippen LogP contribution in [0.5, 0.6) is 0 Å². The minimum atomic E-state index is -3.39. The highest BCUT2D eigenvalue weighted by Crippen LogP contribution is 2.36. The molecule has 2 heterocycles. The zero-order valence-corrected chi connectivity index (χ0v) is 19.8. The van der Waals surface area contributed by atoms with Crippen molar-refractivity contribution in [2.75, 3.05) is 27.2 Å². The summed E-state index contributed by atoms with van der Waals surface area (Å²) in [6, 6.07) is 17.2. The van der Waals surface area contributed by atoms with E-state index in [0.29, 0.717) is 19.0 Å². The van der Waals surface area contributed by atoms with Crippen LogP contribution in [0.25, 0.3) is 22.0 Å². The van der Waals surface area contributed by atoms with Crippen LogP contribution >= 0.6 is 0 Å². The van der Waals surface area contributed by atoms with Crippen molar-refractivity contribution in [3.63, 3.8) is 0 Å². The quantitative estimate of drug-likeness (QED) is 0.545. The summed E-state index contributed by atoms with van der Waals surface area (Å²) in [7, 11) is -0.170. The molecule has 1 fully saturated rings. The Labute approximate surface area is 186 Å². The average molecular weight is 440 g/mol. The van der Waals surface area contributed by atoms with Crippen molar-refractivity contribution in [2.45, 2.75) is 39.2 Å². The normalized spacial score (nSPS) is 18.3. The molecule has 0 N–H and O–H groups in total. The molecular weight excluding hydrogens is 406 g/mol. The fraction of sp³-hybridized carbons (Fsp3) is 0.440. The molecule has 2 aromatic carbocycles. The Kier molecular flexibility index (Phi) is 6.24. The van der Waals surface area contributed by atoms with E-state index in [9.17, 15) is 8.42 Å². The van der Waals surface area contributed by atoms with Gasteiger partial charge in [0, 0.05) is 50.8 Å². The molecule has 0 saturated carbocycles. The number of rotatable bonds is 6. The average Bonchev–Trinajstić information content (AvgIpc) is 3.11. The van der Waals surface area contributed by atoms with Gasteiger partial charge in [-0.2, -0.15) is 17.0 Å². The second-order valence-electron chi connectivity index (χ2n) is 9.22. The van der Waals surface area contributed by atoms with Crippen molar-refractivity contribution < 1.29 is 8.42 Å². The van der Waals surface area contributed by atoms with Crippen molar-refractivity contribution in [2.24, 2.45) is 5.92 Å². The Bertz CT molecular complexity index is 1150. The van der Waals surface area contributed by atoms with Gasteiger partial charge in [-0.1, -0.05) is 56.3 Å². The van der Waals surface area contributed by atoms with Gasteiger partial charge in [-0.3, -0.25) is 0 Å². The molecule has 1 unspecified atom stereocenters. The van der Waals surface area contributed by atoms with Crippen LogP contribution in [-0.4, -0.2) is 48.8 Å². The second-order valence-corrected chi connectivity index (χ2v) is 11.4. The van der Waals surface area contributed by atoms with Crippen molar-refractivity contribution in [3.05, 3.63) is 60.3 Å². The van der Waals surface area contributed by atoms with Crippen LogP contribution < -0.4 is 0 Å². The molecule has 0 spiro atoms. The van der Waals surface area contributed by atoms with Gasteiger partial charge in [-0.15, -0.1) is 0 Å². The molecule has 1 atom stereocenters. The summed E-state index contributed by atoms with van der Waals surface area (Å²) in [5, 5.41) is 1.24. The third-order valence-electron chi connectivity index (χ3n) is 6.19. The van der Waals surface area contributed by atoms with E-state index in [1.54, 1.807) is 18.4 Å². The van der Waals surface area contributed by atoms with Gasteiger partial charge in [-0.05, 0) is 47.4 Å². The molecule has 0 radical (unpaired) electrons. The van der Waals surface area contributed by atoms with E-state index in [4.69, 9.17) is 0 Å². The maximum atomic E-state index is 12.7. The Morgan fingerprint density at radius 1 is 1.06 bits per heavy atom. The highest BCUT2D eigenvalue weighted by atomic mass is 32.2. The van der Waals surface area contributed by atoms with Crippen molar-refractivity contribution in [1.82, 2.24) is 13.2 Å². The molecule has 1 aromatic heterocycles. The zero-order valence-electron chi connectivity index (χ0n) is 19.0. The minimum Gasteiger partial charge on any atom is -0.347 e. The smallest absolute Gasteiger partial charge is 0.281 e. The second kappa shape index (κ2) is 8.77. The number of aromatic nitrogens is 1. The maximum absolute atomic E-state index is 12.7. The van der Waals surface area contributed by atoms with Gasteiger partial charge < -0.3 is 4.57 Å². The van der Waals surface area contributed by atoms with Crippen molar-refractivity contribution >= 4 is 21.1 Å². The lowest BCUT2D eigenvalue weighted by molar-refractivity contribution is 0.299. The van der Waals surface area contributed by atoms with E-state index in [1.807, 2.05) is 6.07 Å². The van der Waals surface area contributed by atoms with Crippen LogP contribution in [0.4, 0.5) is 0 Å². The standard InChI is InChI=1S/C25H33N3O2S/c1-19(2)16-27-18-24(22-11-8-14-28(17-22)31(29,30)26(3)4)23-13-12-21(15-25(23)27)20-9-6-5-7-10-20/h5-7,9-10,12-13,15,18-19,22H,8,11,14,16-17H2,1-4H3. The molecule has 0 bridgehead atoms. The molecule has 166 valence electrons. The highest BCUT2D eigenvalue weighted by Gasteiger charge is 2.32. The monoisotopic (exact) mass is 439 g/mol. The first-order valence-corrected chi connectivity index (χ1v) is 12.5. The van der Waals surface area contributed by atoms with Crippen molar-refractivity contribution in [1.29, 1.82) is 0 Å². The molecule has 0 aliphatic carbocycles. The molecule has 1 aliphatic heterocycles. The lowest BCUT2D eigenvalue weighted by atomic mass is 9.91. The lowest BCUT2D eigenvalue weighted by Crippen LogP contribution is -2.44. The van der Waals surface area contributed by atoms with E-state index < -0.39 is 10.2 Å². The molecule has 1 aliphatic rings. The third-order valence-corrected chi connectivity index (χ3v) is 8.10. The summed E-state index contributed by atoms with van der Waals surface area (Å²) in [5.41, 5.74) is 4.93. The van der Waals surface area contributed by atoms with Gasteiger partial charge in [-0.25, -0.2) is 0 Å². The largest absolute Gasteiger partial charge is 0.347 e. The number of benzene rings is 2. The van der Waals surface area contributed by atoms with Crippen LogP contribution in [0.1, 0.15) is 38.2 Å². The van der Waals surface area contributed by atoms with E-state index in [1.165, 1.54) is 31.9 Å². The number of hydrogen-bond acceptors (Lipinski definition) is 2. The van der Waals surface area contributed by atoms with Crippen molar-refractivity contribution in [3.8, 4) is 11.1 Å². The molecule has 6 heteroatoms. The van der Waals surface area contributed by atoms with Crippen LogP contribution in [0.3, 0.4) is 0 Å². The van der Waals surface area contributed by atoms with E-state index in [0.717, 1.165) is 19.4 Å². The minimum absolute atomic E-state index is 0.210. The van der Waals surface area contributed by atoms with Crippen LogP contribution in [0.2, 0.25) is 0 Å². The molecular formula is C25H33N3O2S. The molecule has 31 heavy (non-hydrogen) atoms.